The number of benzene rings is 3. The molecule has 0 aliphatic carbocycles. The molecule has 0 amide bonds. The summed E-state index contributed by atoms with van der Waals surface area (Å²) in [6.45, 7) is -0.0418. The summed E-state index contributed by atoms with van der Waals surface area (Å²) in [6.07, 6.45) is 1.87. The van der Waals surface area contributed by atoms with Gasteiger partial charge in [-0.3, -0.25) is 4.98 Å². The van der Waals surface area contributed by atoms with E-state index in [0.717, 1.165) is 27.9 Å². The highest BCUT2D eigenvalue weighted by Gasteiger charge is 2.07. The second-order valence-electron chi connectivity index (χ2n) is 6.41. The third-order valence-electron chi connectivity index (χ3n) is 4.59. The molecule has 0 saturated heterocycles. The summed E-state index contributed by atoms with van der Waals surface area (Å²) in [5.74, 6) is 0. The number of hydrogen-bond donors (Lipinski definition) is 0. The number of rotatable bonds is 3. The Morgan fingerprint density at radius 1 is 0.692 bits per heavy atom. The van der Waals surface area contributed by atoms with Crippen LogP contribution in [0.3, 0.4) is 0 Å². The molecule has 0 bridgehead atoms. The van der Waals surface area contributed by atoms with Gasteiger partial charge in [0.05, 0.1) is 5.69 Å². The van der Waals surface area contributed by atoms with Gasteiger partial charge in [0.2, 0.25) is 0 Å². The molecule has 26 heavy (non-hydrogen) atoms. The first kappa shape index (κ1) is 13.1. The van der Waals surface area contributed by atoms with Crippen molar-refractivity contribution in [2.75, 3.05) is 0 Å². The first-order chi connectivity index (χ1) is 13.9. The van der Waals surface area contributed by atoms with Crippen molar-refractivity contribution in [1.29, 1.82) is 0 Å². The standard InChI is InChI=1S/C25H21N/c1-18-8-10-23(11-9-18)25-16-24(19(2)17-26-25)22-14-12-21(13-15-22)20-6-4-3-5-7-20/h3-17H,1-2H3/i1D3. The van der Waals surface area contributed by atoms with Crippen LogP contribution in [-0.2, 0) is 0 Å². The van der Waals surface area contributed by atoms with Crippen LogP contribution in [-0.4, -0.2) is 4.98 Å². The van der Waals surface area contributed by atoms with Crippen LogP contribution in [0.4, 0.5) is 0 Å². The summed E-state index contributed by atoms with van der Waals surface area (Å²) in [4.78, 5) is 4.55. The van der Waals surface area contributed by atoms with Gasteiger partial charge >= 0.3 is 0 Å². The molecule has 0 aliphatic heterocycles. The highest BCUT2D eigenvalue weighted by Crippen LogP contribution is 2.29. The van der Waals surface area contributed by atoms with E-state index in [1.165, 1.54) is 11.1 Å². The van der Waals surface area contributed by atoms with Crippen LogP contribution >= 0.6 is 0 Å². The minimum absolute atomic E-state index is 0.338. The Bertz CT molecular complexity index is 1110. The van der Waals surface area contributed by atoms with E-state index in [9.17, 15) is 0 Å². The van der Waals surface area contributed by atoms with Gasteiger partial charge in [0.15, 0.2) is 0 Å². The molecule has 126 valence electrons. The second kappa shape index (κ2) is 6.97. The third kappa shape index (κ3) is 3.29. The molecule has 4 aromatic rings. The molecule has 1 aromatic heterocycles. The Balaban J connectivity index is 1.67. The van der Waals surface area contributed by atoms with Gasteiger partial charge in [0.25, 0.3) is 0 Å². The Labute approximate surface area is 159 Å². The zero-order valence-corrected chi connectivity index (χ0v) is 14.6. The van der Waals surface area contributed by atoms with E-state index < -0.39 is 6.85 Å². The van der Waals surface area contributed by atoms with Gasteiger partial charge in [-0.15, -0.1) is 0 Å². The fourth-order valence-electron chi connectivity index (χ4n) is 3.11. The molecule has 0 N–H and O–H groups in total. The minimum Gasteiger partial charge on any atom is -0.256 e. The van der Waals surface area contributed by atoms with E-state index >= 15 is 0 Å². The quantitative estimate of drug-likeness (QED) is 0.405. The van der Waals surface area contributed by atoms with Gasteiger partial charge in [-0.05, 0) is 47.7 Å². The van der Waals surface area contributed by atoms with Gasteiger partial charge in [0.1, 0.15) is 0 Å². The van der Waals surface area contributed by atoms with Crippen molar-refractivity contribution in [3.63, 3.8) is 0 Å². The molecule has 0 radical (unpaired) electrons. The molecule has 1 nitrogen and oxygen atoms in total. The Hall–Kier alpha value is -3.19. The molecule has 1 heterocycles. The lowest BCUT2D eigenvalue weighted by Crippen LogP contribution is -1.90. The molecule has 0 fully saturated rings. The molecule has 0 unspecified atom stereocenters. The van der Waals surface area contributed by atoms with Crippen molar-refractivity contribution in [1.82, 2.24) is 4.98 Å². The number of pyridine rings is 1. The SMILES string of the molecule is [2H]C([2H])([2H])c1ccc(-c2cc(-c3ccc(-c4ccccc4)cc3)c(C)cn2)cc1. The van der Waals surface area contributed by atoms with Gasteiger partial charge in [-0.2, -0.15) is 0 Å². The smallest absolute Gasteiger partial charge is 0.0708 e. The monoisotopic (exact) mass is 338 g/mol. The van der Waals surface area contributed by atoms with E-state index in [1.54, 1.807) is 12.1 Å². The molecule has 0 aliphatic rings. The van der Waals surface area contributed by atoms with Crippen molar-refractivity contribution in [3.05, 3.63) is 102 Å². The van der Waals surface area contributed by atoms with Gasteiger partial charge in [-0.25, -0.2) is 0 Å². The second-order valence-corrected chi connectivity index (χ2v) is 6.41. The molecule has 0 atom stereocenters. The fourth-order valence-corrected chi connectivity index (χ4v) is 3.11. The molecule has 1 heteroatoms. The van der Waals surface area contributed by atoms with Crippen molar-refractivity contribution >= 4 is 0 Å². The molecule has 3 aromatic carbocycles. The summed E-state index contributed by atoms with van der Waals surface area (Å²) < 4.78 is 22.6. The summed E-state index contributed by atoms with van der Waals surface area (Å²) in [5, 5.41) is 0. The highest BCUT2D eigenvalue weighted by molar-refractivity contribution is 5.75. The lowest BCUT2D eigenvalue weighted by atomic mass is 9.97. The van der Waals surface area contributed by atoms with E-state index in [2.05, 4.69) is 54.4 Å². The number of hydrogen-bond acceptors (Lipinski definition) is 1. The average Bonchev–Trinajstić information content (AvgIpc) is 2.74. The van der Waals surface area contributed by atoms with Gasteiger partial charge < -0.3 is 0 Å². The van der Waals surface area contributed by atoms with E-state index in [-0.39, 0.29) is 0 Å². The zero-order valence-electron chi connectivity index (χ0n) is 17.6. The molecular weight excluding hydrogens is 314 g/mol. The molecule has 0 saturated carbocycles. The average molecular weight is 338 g/mol. The topological polar surface area (TPSA) is 12.9 Å². The van der Waals surface area contributed by atoms with Gasteiger partial charge in [-0.1, -0.05) is 84.4 Å². The van der Waals surface area contributed by atoms with Gasteiger partial charge in [0, 0.05) is 15.9 Å². The van der Waals surface area contributed by atoms with Crippen LogP contribution in [0, 0.1) is 13.8 Å². The van der Waals surface area contributed by atoms with E-state index in [4.69, 9.17) is 4.11 Å². The summed E-state index contributed by atoms with van der Waals surface area (Å²) >= 11 is 0. The predicted molar refractivity (Wildman–Crippen MR) is 110 cm³/mol. The Morgan fingerprint density at radius 2 is 1.31 bits per heavy atom. The molecule has 0 spiro atoms. The minimum atomic E-state index is -2.09. The van der Waals surface area contributed by atoms with Crippen molar-refractivity contribution < 1.29 is 4.11 Å². The Kier molecular flexibility index (Phi) is 3.50. The van der Waals surface area contributed by atoms with Crippen LogP contribution in [0.1, 0.15) is 15.2 Å². The van der Waals surface area contributed by atoms with Crippen molar-refractivity contribution in [2.45, 2.75) is 13.8 Å². The first-order valence-electron chi connectivity index (χ1n) is 10.2. The number of aryl methyl sites for hydroxylation is 2. The normalized spacial score (nSPS) is 12.9. The largest absolute Gasteiger partial charge is 0.256 e. The summed E-state index contributed by atoms with van der Waals surface area (Å²) in [6, 6.07) is 27.9. The van der Waals surface area contributed by atoms with Crippen LogP contribution in [0.2, 0.25) is 0 Å². The third-order valence-corrected chi connectivity index (χ3v) is 4.59. The summed E-state index contributed by atoms with van der Waals surface area (Å²) in [5.41, 5.74) is 7.79. The lowest BCUT2D eigenvalue weighted by molar-refractivity contribution is 1.27. The van der Waals surface area contributed by atoms with Crippen LogP contribution < -0.4 is 0 Å². The first-order valence-corrected chi connectivity index (χ1v) is 8.65. The fraction of sp³-hybridized carbons (Fsp3) is 0.0800. The maximum atomic E-state index is 7.52. The Morgan fingerprint density at radius 3 is 2.00 bits per heavy atom. The maximum absolute atomic E-state index is 7.52. The van der Waals surface area contributed by atoms with Crippen LogP contribution in [0.15, 0.2) is 91.1 Å². The predicted octanol–water partition coefficient (Wildman–Crippen LogP) is 6.70. The molecule has 4 rings (SSSR count). The van der Waals surface area contributed by atoms with Crippen LogP contribution in [0.5, 0.6) is 0 Å². The van der Waals surface area contributed by atoms with Crippen LogP contribution in [0.25, 0.3) is 33.5 Å². The molecular formula is C25H21N. The van der Waals surface area contributed by atoms with E-state index in [0.29, 0.717) is 5.56 Å². The highest BCUT2D eigenvalue weighted by atomic mass is 14.7. The number of nitrogens with zero attached hydrogens (tertiary/aromatic N) is 1. The summed E-state index contributed by atoms with van der Waals surface area (Å²) in [7, 11) is 0. The van der Waals surface area contributed by atoms with E-state index in [1.807, 2.05) is 36.5 Å². The maximum Gasteiger partial charge on any atom is 0.0708 e. The lowest BCUT2D eigenvalue weighted by Gasteiger charge is -2.10. The zero-order chi connectivity index (χ0) is 20.4. The number of aromatic nitrogens is 1. The van der Waals surface area contributed by atoms with Crippen molar-refractivity contribution in [3.8, 4) is 33.5 Å². The van der Waals surface area contributed by atoms with Crippen molar-refractivity contribution in [2.24, 2.45) is 0 Å².